The van der Waals surface area contributed by atoms with E-state index in [0.29, 0.717) is 33.3 Å². The first-order valence-corrected chi connectivity index (χ1v) is 8.62. The van der Waals surface area contributed by atoms with Gasteiger partial charge in [-0.3, -0.25) is 4.79 Å². The minimum Gasteiger partial charge on any atom is -0.346 e. The molecule has 0 saturated carbocycles. The van der Waals surface area contributed by atoms with E-state index in [4.69, 9.17) is 11.6 Å². The maximum absolute atomic E-state index is 12.5. The Morgan fingerprint density at radius 1 is 1.07 bits per heavy atom. The van der Waals surface area contributed by atoms with Crippen molar-refractivity contribution in [1.29, 1.82) is 5.26 Å². The number of halogens is 1. The van der Waals surface area contributed by atoms with E-state index in [9.17, 15) is 10.1 Å². The van der Waals surface area contributed by atoms with Gasteiger partial charge in [0.15, 0.2) is 5.43 Å². The average molecular weight is 373 g/mol. The summed E-state index contributed by atoms with van der Waals surface area (Å²) in [5, 5.41) is 10.5. The quantitative estimate of drug-likeness (QED) is 0.526. The second kappa shape index (κ2) is 6.67. The summed E-state index contributed by atoms with van der Waals surface area (Å²) in [6, 6.07) is 16.6. The number of aromatic nitrogens is 3. The first-order chi connectivity index (χ1) is 13.1. The molecule has 3 aromatic heterocycles. The standard InChI is InChI=1S/C21H13ClN4O/c1-12-9-14(10-17(22)25-12)18-15(11-23)19-16(27)7-8-24-21(19)26-20(18)13-5-3-2-4-6-13/h2-10H,1H3,(H,24,26,27). The first-order valence-electron chi connectivity index (χ1n) is 8.24. The molecule has 0 unspecified atom stereocenters. The zero-order chi connectivity index (χ0) is 19.0. The number of nitrogens with zero attached hydrogens (tertiary/aromatic N) is 3. The van der Waals surface area contributed by atoms with E-state index in [1.54, 1.807) is 6.07 Å². The molecule has 0 amide bonds. The number of H-pyrrole nitrogens is 1. The highest BCUT2D eigenvalue weighted by atomic mass is 35.5. The van der Waals surface area contributed by atoms with Crippen LogP contribution in [-0.2, 0) is 0 Å². The molecule has 5 nitrogen and oxygen atoms in total. The normalized spacial score (nSPS) is 10.7. The average Bonchev–Trinajstić information content (AvgIpc) is 2.66. The van der Waals surface area contributed by atoms with Crippen LogP contribution in [0.25, 0.3) is 33.4 Å². The molecule has 0 spiro atoms. The van der Waals surface area contributed by atoms with Gasteiger partial charge in [0, 0.05) is 29.1 Å². The largest absolute Gasteiger partial charge is 0.346 e. The molecular formula is C21H13ClN4O. The van der Waals surface area contributed by atoms with Crippen molar-refractivity contribution in [3.8, 4) is 28.5 Å². The number of nitrogens with one attached hydrogen (secondary N) is 1. The minimum atomic E-state index is -0.259. The van der Waals surface area contributed by atoms with Gasteiger partial charge in [0.05, 0.1) is 16.6 Å². The van der Waals surface area contributed by atoms with Gasteiger partial charge in [0.2, 0.25) is 0 Å². The van der Waals surface area contributed by atoms with Crippen LogP contribution in [0.3, 0.4) is 0 Å². The molecule has 6 heteroatoms. The van der Waals surface area contributed by atoms with Crippen LogP contribution in [0.15, 0.2) is 59.5 Å². The van der Waals surface area contributed by atoms with E-state index in [-0.39, 0.29) is 16.4 Å². The fourth-order valence-electron chi connectivity index (χ4n) is 3.18. The van der Waals surface area contributed by atoms with Gasteiger partial charge in [-0.1, -0.05) is 41.9 Å². The van der Waals surface area contributed by atoms with Crippen molar-refractivity contribution in [2.75, 3.05) is 0 Å². The Bertz CT molecular complexity index is 1250. The van der Waals surface area contributed by atoms with Gasteiger partial charge >= 0.3 is 0 Å². The lowest BCUT2D eigenvalue weighted by atomic mass is 9.93. The predicted molar refractivity (Wildman–Crippen MR) is 105 cm³/mol. The summed E-state index contributed by atoms with van der Waals surface area (Å²) < 4.78 is 0. The Kier molecular flexibility index (Phi) is 4.19. The maximum atomic E-state index is 12.5. The number of pyridine rings is 3. The molecule has 0 atom stereocenters. The third-order valence-corrected chi connectivity index (χ3v) is 4.46. The molecule has 0 fully saturated rings. The summed E-state index contributed by atoms with van der Waals surface area (Å²) >= 11 is 6.16. The Labute approximate surface area is 159 Å². The summed E-state index contributed by atoms with van der Waals surface area (Å²) in [5.74, 6) is 0. The number of hydrogen-bond acceptors (Lipinski definition) is 4. The van der Waals surface area contributed by atoms with E-state index in [1.807, 2.05) is 43.3 Å². The van der Waals surface area contributed by atoms with Crippen LogP contribution in [-0.4, -0.2) is 15.0 Å². The van der Waals surface area contributed by atoms with Crippen LogP contribution in [0.1, 0.15) is 11.3 Å². The molecular weight excluding hydrogens is 360 g/mol. The van der Waals surface area contributed by atoms with Crippen molar-refractivity contribution >= 4 is 22.6 Å². The fraction of sp³-hybridized carbons (Fsp3) is 0.0476. The fourth-order valence-corrected chi connectivity index (χ4v) is 3.43. The Morgan fingerprint density at radius 3 is 2.56 bits per heavy atom. The zero-order valence-corrected chi connectivity index (χ0v) is 15.1. The Balaban J connectivity index is 2.22. The number of aryl methyl sites for hydroxylation is 1. The van der Waals surface area contributed by atoms with E-state index < -0.39 is 0 Å². The third kappa shape index (κ3) is 2.97. The highest BCUT2D eigenvalue weighted by Crippen LogP contribution is 2.36. The van der Waals surface area contributed by atoms with Gasteiger partial charge in [-0.05, 0) is 24.6 Å². The number of aromatic amines is 1. The smallest absolute Gasteiger partial charge is 0.192 e. The predicted octanol–water partition coefficient (Wildman–Crippen LogP) is 4.49. The van der Waals surface area contributed by atoms with Gasteiger partial charge in [-0.25, -0.2) is 9.97 Å². The number of benzene rings is 1. The van der Waals surface area contributed by atoms with Crippen LogP contribution in [0, 0.1) is 18.3 Å². The molecule has 0 aliphatic carbocycles. The summed E-state index contributed by atoms with van der Waals surface area (Å²) in [7, 11) is 0. The van der Waals surface area contributed by atoms with Crippen molar-refractivity contribution < 1.29 is 0 Å². The summed E-state index contributed by atoms with van der Waals surface area (Å²) in [6.45, 7) is 1.82. The van der Waals surface area contributed by atoms with Crippen molar-refractivity contribution in [3.05, 3.63) is 81.4 Å². The maximum Gasteiger partial charge on any atom is 0.192 e. The summed E-state index contributed by atoms with van der Waals surface area (Å²) in [4.78, 5) is 24.3. The number of rotatable bonds is 2. The molecule has 0 aliphatic rings. The second-order valence-corrected chi connectivity index (χ2v) is 6.46. The topological polar surface area (TPSA) is 82.4 Å². The lowest BCUT2D eigenvalue weighted by molar-refractivity contribution is 1.20. The van der Waals surface area contributed by atoms with E-state index >= 15 is 0 Å². The minimum absolute atomic E-state index is 0.259. The van der Waals surface area contributed by atoms with Crippen molar-refractivity contribution in [1.82, 2.24) is 15.0 Å². The van der Waals surface area contributed by atoms with Crippen LogP contribution < -0.4 is 5.43 Å². The molecule has 27 heavy (non-hydrogen) atoms. The Morgan fingerprint density at radius 2 is 1.85 bits per heavy atom. The molecule has 0 radical (unpaired) electrons. The molecule has 4 aromatic rings. The molecule has 4 rings (SSSR count). The molecule has 1 aromatic carbocycles. The second-order valence-electron chi connectivity index (χ2n) is 6.07. The van der Waals surface area contributed by atoms with Crippen molar-refractivity contribution in [2.45, 2.75) is 6.92 Å². The Hall–Kier alpha value is -3.49. The molecule has 0 aliphatic heterocycles. The zero-order valence-electron chi connectivity index (χ0n) is 14.3. The van der Waals surface area contributed by atoms with Crippen LogP contribution in [0.5, 0.6) is 0 Å². The van der Waals surface area contributed by atoms with Gasteiger partial charge in [0.25, 0.3) is 0 Å². The highest BCUT2D eigenvalue weighted by Gasteiger charge is 2.20. The molecule has 0 saturated heterocycles. The molecule has 1 N–H and O–H groups in total. The van der Waals surface area contributed by atoms with Gasteiger partial charge < -0.3 is 4.98 Å². The first kappa shape index (κ1) is 17.0. The molecule has 0 bridgehead atoms. The third-order valence-electron chi connectivity index (χ3n) is 4.27. The van der Waals surface area contributed by atoms with Crippen LogP contribution in [0.4, 0.5) is 0 Å². The van der Waals surface area contributed by atoms with Gasteiger partial charge in [-0.2, -0.15) is 5.26 Å². The lowest BCUT2D eigenvalue weighted by Crippen LogP contribution is -2.07. The van der Waals surface area contributed by atoms with Crippen molar-refractivity contribution in [2.24, 2.45) is 0 Å². The van der Waals surface area contributed by atoms with E-state index in [2.05, 4.69) is 21.0 Å². The van der Waals surface area contributed by atoms with Gasteiger partial charge in [-0.15, -0.1) is 0 Å². The lowest BCUT2D eigenvalue weighted by Gasteiger charge is -2.14. The number of hydrogen-bond donors (Lipinski definition) is 1. The number of nitriles is 1. The molecule has 3 heterocycles. The van der Waals surface area contributed by atoms with E-state index in [1.165, 1.54) is 12.3 Å². The van der Waals surface area contributed by atoms with Crippen LogP contribution in [0.2, 0.25) is 5.15 Å². The number of fused-ring (bicyclic) bond motifs is 1. The summed E-state index contributed by atoms with van der Waals surface area (Å²) in [5.41, 5.74) is 3.79. The van der Waals surface area contributed by atoms with E-state index in [0.717, 1.165) is 5.56 Å². The highest BCUT2D eigenvalue weighted by molar-refractivity contribution is 6.29. The summed E-state index contributed by atoms with van der Waals surface area (Å²) in [6.07, 6.45) is 1.53. The SMILES string of the molecule is Cc1cc(-c2c(-c3ccccc3)nc3[nH]ccc(=O)c3c2C#N)cc(Cl)n1. The molecule has 130 valence electrons. The van der Waals surface area contributed by atoms with Crippen molar-refractivity contribution in [3.63, 3.8) is 0 Å². The van der Waals surface area contributed by atoms with Gasteiger partial charge in [0.1, 0.15) is 16.9 Å². The monoisotopic (exact) mass is 372 g/mol. The van der Waals surface area contributed by atoms with Crippen LogP contribution >= 0.6 is 11.6 Å².